The van der Waals surface area contributed by atoms with Crippen molar-refractivity contribution < 1.29 is 22.8 Å². The molecule has 27 heavy (non-hydrogen) atoms. The average molecular weight is 370 g/mol. The van der Waals surface area contributed by atoms with Crippen LogP contribution in [0.15, 0.2) is 47.0 Å². The van der Waals surface area contributed by atoms with E-state index in [4.69, 9.17) is 9.26 Å². The fourth-order valence-electron chi connectivity index (χ4n) is 3.30. The summed E-state index contributed by atoms with van der Waals surface area (Å²) in [5, 5.41) is 4.01. The number of carbonyl (C=O) groups is 1. The number of rotatable bonds is 3. The number of methoxy groups -OCH3 is 1. The van der Waals surface area contributed by atoms with Gasteiger partial charge in [0.25, 0.3) is 5.91 Å². The highest BCUT2D eigenvalue weighted by Crippen LogP contribution is 2.33. The minimum absolute atomic E-state index is 0.0899. The van der Waals surface area contributed by atoms with E-state index < -0.39 is 11.6 Å². The molecule has 0 spiro atoms. The molecule has 0 fully saturated rings. The van der Waals surface area contributed by atoms with Crippen LogP contribution in [0.25, 0.3) is 11.3 Å². The largest absolute Gasteiger partial charge is 0.493 e. The number of benzene rings is 2. The van der Waals surface area contributed by atoms with E-state index in [2.05, 4.69) is 5.16 Å². The van der Waals surface area contributed by atoms with E-state index >= 15 is 0 Å². The van der Waals surface area contributed by atoms with Gasteiger partial charge >= 0.3 is 0 Å². The molecule has 5 nitrogen and oxygen atoms in total. The minimum Gasteiger partial charge on any atom is -0.493 e. The monoisotopic (exact) mass is 370 g/mol. The number of carbonyl (C=O) groups excluding carboxylic acids is 1. The maximum absolute atomic E-state index is 14.2. The number of amides is 1. The Hall–Kier alpha value is -3.22. The van der Waals surface area contributed by atoms with Crippen LogP contribution in [0.5, 0.6) is 5.75 Å². The lowest BCUT2D eigenvalue weighted by atomic mass is 10.0. The van der Waals surface area contributed by atoms with E-state index in [0.717, 1.165) is 0 Å². The smallest absolute Gasteiger partial charge is 0.258 e. The van der Waals surface area contributed by atoms with Gasteiger partial charge in [0.05, 0.1) is 19.2 Å². The fraction of sp³-hybridized carbons (Fsp3) is 0.200. The number of aromatic nitrogens is 1. The van der Waals surface area contributed by atoms with Crippen molar-refractivity contribution in [2.24, 2.45) is 0 Å². The van der Waals surface area contributed by atoms with Gasteiger partial charge in [-0.3, -0.25) is 4.79 Å². The lowest BCUT2D eigenvalue weighted by molar-refractivity contribution is 0.0724. The van der Waals surface area contributed by atoms with Crippen molar-refractivity contribution in [3.05, 3.63) is 71.0 Å². The van der Waals surface area contributed by atoms with Gasteiger partial charge in [-0.15, -0.1) is 0 Å². The molecule has 0 atom stereocenters. The Morgan fingerprint density at radius 1 is 1.15 bits per heavy atom. The van der Waals surface area contributed by atoms with Crippen molar-refractivity contribution in [3.63, 3.8) is 0 Å². The van der Waals surface area contributed by atoms with E-state index in [-0.39, 0.29) is 23.8 Å². The number of nitrogens with zero attached hydrogens (tertiary/aromatic N) is 2. The number of ether oxygens (including phenoxy) is 1. The molecule has 1 aromatic heterocycles. The maximum atomic E-state index is 14.2. The molecule has 0 unspecified atom stereocenters. The molecule has 1 aliphatic rings. The number of halogens is 2. The zero-order chi connectivity index (χ0) is 19.0. The van der Waals surface area contributed by atoms with Gasteiger partial charge in [0.1, 0.15) is 17.3 Å². The van der Waals surface area contributed by atoms with Gasteiger partial charge in [-0.1, -0.05) is 23.4 Å². The maximum Gasteiger partial charge on any atom is 0.258 e. The van der Waals surface area contributed by atoms with Crippen molar-refractivity contribution in [2.45, 2.75) is 13.0 Å². The lowest BCUT2D eigenvalue weighted by Crippen LogP contribution is -2.36. The quantitative estimate of drug-likeness (QED) is 0.703. The van der Waals surface area contributed by atoms with Crippen LogP contribution in [0.2, 0.25) is 0 Å². The van der Waals surface area contributed by atoms with Crippen LogP contribution in [0, 0.1) is 11.6 Å². The number of hydrogen-bond acceptors (Lipinski definition) is 4. The van der Waals surface area contributed by atoms with E-state index in [9.17, 15) is 13.6 Å². The molecule has 0 bridgehead atoms. The van der Waals surface area contributed by atoms with E-state index in [1.54, 1.807) is 23.1 Å². The van der Waals surface area contributed by atoms with Crippen LogP contribution in [0.3, 0.4) is 0 Å². The zero-order valence-electron chi connectivity index (χ0n) is 14.5. The molecule has 4 rings (SSSR count). The standard InChI is InChI=1S/C20H16F2N2O3/c1-26-19-13(6-4-8-16(19)22)20(25)24-10-9-17-14(11-24)18(23-27-17)12-5-2-3-7-15(12)21/h2-8H,9-11H2,1H3. The third-order valence-corrected chi connectivity index (χ3v) is 4.65. The normalized spacial score (nSPS) is 13.4. The summed E-state index contributed by atoms with van der Waals surface area (Å²) in [5.74, 6) is -0.837. The van der Waals surface area contributed by atoms with Crippen LogP contribution < -0.4 is 4.74 Å². The predicted octanol–water partition coefficient (Wildman–Crippen LogP) is 3.83. The highest BCUT2D eigenvalue weighted by Gasteiger charge is 2.30. The molecule has 0 aliphatic carbocycles. The van der Waals surface area contributed by atoms with Crippen molar-refractivity contribution in [1.82, 2.24) is 10.1 Å². The third kappa shape index (κ3) is 2.95. The zero-order valence-corrected chi connectivity index (χ0v) is 14.5. The first-order chi connectivity index (χ1) is 13.1. The SMILES string of the molecule is COc1c(F)cccc1C(=O)N1CCc2onc(-c3ccccc3F)c2C1. The van der Waals surface area contributed by atoms with Crippen LogP contribution in [-0.2, 0) is 13.0 Å². The molecule has 2 aromatic carbocycles. The van der Waals surface area contributed by atoms with Crippen molar-refractivity contribution in [2.75, 3.05) is 13.7 Å². The summed E-state index contributed by atoms with van der Waals surface area (Å²) >= 11 is 0. The first-order valence-corrected chi connectivity index (χ1v) is 8.44. The van der Waals surface area contributed by atoms with Crippen LogP contribution in [-0.4, -0.2) is 29.6 Å². The summed E-state index contributed by atoms with van der Waals surface area (Å²) < 4.78 is 38.5. The molecule has 1 amide bonds. The van der Waals surface area contributed by atoms with Gasteiger partial charge in [0.2, 0.25) is 0 Å². The van der Waals surface area contributed by atoms with Crippen LogP contribution >= 0.6 is 0 Å². The first-order valence-electron chi connectivity index (χ1n) is 8.44. The molecule has 2 heterocycles. The van der Waals surface area contributed by atoms with E-state index in [0.29, 0.717) is 35.5 Å². The van der Waals surface area contributed by atoms with Gasteiger partial charge in [0, 0.05) is 24.1 Å². The first kappa shape index (κ1) is 17.2. The van der Waals surface area contributed by atoms with E-state index in [1.807, 2.05) is 0 Å². The average Bonchev–Trinajstić information content (AvgIpc) is 3.10. The highest BCUT2D eigenvalue weighted by atomic mass is 19.1. The molecule has 0 saturated carbocycles. The van der Waals surface area contributed by atoms with Gasteiger partial charge in [-0.2, -0.15) is 0 Å². The molecule has 0 N–H and O–H groups in total. The van der Waals surface area contributed by atoms with Gasteiger partial charge < -0.3 is 14.2 Å². The Labute approximate surface area is 154 Å². The molecule has 3 aromatic rings. The molecule has 7 heteroatoms. The van der Waals surface area contributed by atoms with E-state index in [1.165, 1.54) is 31.4 Å². The lowest BCUT2D eigenvalue weighted by Gasteiger charge is -2.27. The van der Waals surface area contributed by atoms with Gasteiger partial charge in [0.15, 0.2) is 11.6 Å². The number of para-hydroxylation sites is 1. The molecule has 1 aliphatic heterocycles. The van der Waals surface area contributed by atoms with Crippen molar-refractivity contribution in [3.8, 4) is 17.0 Å². The second kappa shape index (κ2) is 6.83. The van der Waals surface area contributed by atoms with Crippen LogP contribution in [0.1, 0.15) is 21.7 Å². The predicted molar refractivity (Wildman–Crippen MR) is 93.3 cm³/mol. The molecule has 138 valence electrons. The Balaban J connectivity index is 1.68. The number of fused-ring (bicyclic) bond motifs is 1. The highest BCUT2D eigenvalue weighted by molar-refractivity contribution is 5.97. The summed E-state index contributed by atoms with van der Waals surface area (Å²) in [6, 6.07) is 10.5. The Kier molecular flexibility index (Phi) is 4.35. The molecule has 0 saturated heterocycles. The second-order valence-electron chi connectivity index (χ2n) is 6.21. The van der Waals surface area contributed by atoms with Gasteiger partial charge in [-0.25, -0.2) is 8.78 Å². The second-order valence-corrected chi connectivity index (χ2v) is 6.21. The summed E-state index contributed by atoms with van der Waals surface area (Å²) in [6.07, 6.45) is 0.445. The van der Waals surface area contributed by atoms with Crippen molar-refractivity contribution in [1.29, 1.82) is 0 Å². The van der Waals surface area contributed by atoms with Crippen molar-refractivity contribution >= 4 is 5.91 Å². The fourth-order valence-corrected chi connectivity index (χ4v) is 3.30. The molecule has 0 radical (unpaired) electrons. The summed E-state index contributed by atoms with van der Waals surface area (Å²) in [6.45, 7) is 0.582. The third-order valence-electron chi connectivity index (χ3n) is 4.65. The minimum atomic E-state index is -0.599. The summed E-state index contributed by atoms with van der Waals surface area (Å²) in [4.78, 5) is 14.5. The van der Waals surface area contributed by atoms with Crippen LogP contribution in [0.4, 0.5) is 8.78 Å². The Bertz CT molecular complexity index is 1020. The summed E-state index contributed by atoms with van der Waals surface area (Å²) in [5.41, 5.74) is 1.51. The number of hydrogen-bond donors (Lipinski definition) is 0. The topological polar surface area (TPSA) is 55.6 Å². The molecular formula is C20H16F2N2O3. The van der Waals surface area contributed by atoms with Gasteiger partial charge in [-0.05, 0) is 24.3 Å². The molecular weight excluding hydrogens is 354 g/mol. The Morgan fingerprint density at radius 3 is 2.70 bits per heavy atom. The summed E-state index contributed by atoms with van der Waals surface area (Å²) in [7, 11) is 1.32. The Morgan fingerprint density at radius 2 is 1.93 bits per heavy atom.